The number of allylic oxidation sites excluding steroid dienone is 1. The highest BCUT2D eigenvalue weighted by molar-refractivity contribution is 4.96. The summed E-state index contributed by atoms with van der Waals surface area (Å²) in [7, 11) is 0. The molecular weight excluding hydrogens is 176 g/mol. The smallest absolute Gasteiger partial charge is 0.0939 e. The standard InChI is InChI=1S/C11H20N2O/c1-3-4-5-7-12-10(2)13-8-6-11(14)9-13/h3-4,11-12,14H,2,5-9H2,1H3/b4-3-. The molecule has 0 aromatic heterocycles. The molecule has 3 heteroatoms. The Morgan fingerprint density at radius 2 is 2.50 bits per heavy atom. The minimum absolute atomic E-state index is 0.177. The average Bonchev–Trinajstić information content (AvgIpc) is 2.59. The summed E-state index contributed by atoms with van der Waals surface area (Å²) in [6.07, 6.45) is 5.87. The zero-order valence-corrected chi connectivity index (χ0v) is 8.87. The maximum absolute atomic E-state index is 9.34. The fourth-order valence-electron chi connectivity index (χ4n) is 1.57. The summed E-state index contributed by atoms with van der Waals surface area (Å²) in [5, 5.41) is 12.6. The molecule has 1 aliphatic heterocycles. The maximum Gasteiger partial charge on any atom is 0.0939 e. The first-order valence-corrected chi connectivity index (χ1v) is 5.21. The highest BCUT2D eigenvalue weighted by Gasteiger charge is 2.20. The second-order valence-electron chi connectivity index (χ2n) is 3.62. The molecule has 3 nitrogen and oxygen atoms in total. The minimum atomic E-state index is -0.177. The zero-order valence-electron chi connectivity index (χ0n) is 8.87. The lowest BCUT2D eigenvalue weighted by atomic mass is 10.3. The largest absolute Gasteiger partial charge is 0.391 e. The number of rotatable bonds is 5. The van der Waals surface area contributed by atoms with Crippen LogP contribution in [0.25, 0.3) is 0 Å². The average molecular weight is 196 g/mol. The first kappa shape index (κ1) is 11.1. The number of hydrogen-bond acceptors (Lipinski definition) is 3. The van der Waals surface area contributed by atoms with E-state index in [-0.39, 0.29) is 6.10 Å². The van der Waals surface area contributed by atoms with Crippen LogP contribution in [0.15, 0.2) is 24.6 Å². The molecule has 1 atom stereocenters. The number of nitrogens with zero attached hydrogens (tertiary/aromatic N) is 1. The molecule has 1 rings (SSSR count). The van der Waals surface area contributed by atoms with E-state index in [1.807, 2.05) is 13.0 Å². The van der Waals surface area contributed by atoms with E-state index in [0.717, 1.165) is 38.3 Å². The lowest BCUT2D eigenvalue weighted by molar-refractivity contribution is 0.182. The van der Waals surface area contributed by atoms with Crippen LogP contribution >= 0.6 is 0 Å². The predicted molar refractivity (Wildman–Crippen MR) is 58.8 cm³/mol. The molecule has 0 aromatic carbocycles. The van der Waals surface area contributed by atoms with Crippen molar-refractivity contribution < 1.29 is 5.11 Å². The molecule has 0 radical (unpaired) electrons. The number of β-amino-alcohol motifs (C(OH)–C–C–N with tert-alkyl or cyclic N) is 1. The quantitative estimate of drug-likeness (QED) is 0.510. The third-order valence-corrected chi connectivity index (χ3v) is 2.42. The highest BCUT2D eigenvalue weighted by atomic mass is 16.3. The summed E-state index contributed by atoms with van der Waals surface area (Å²) in [4.78, 5) is 2.10. The fourth-order valence-corrected chi connectivity index (χ4v) is 1.57. The van der Waals surface area contributed by atoms with Crippen LogP contribution in [0.3, 0.4) is 0 Å². The van der Waals surface area contributed by atoms with Crippen molar-refractivity contribution in [1.82, 2.24) is 10.2 Å². The fraction of sp³-hybridized carbons (Fsp3) is 0.636. The number of likely N-dealkylation sites (tertiary alicyclic amines) is 1. The Balaban J connectivity index is 2.15. The third kappa shape index (κ3) is 3.42. The minimum Gasteiger partial charge on any atom is -0.391 e. The molecule has 0 spiro atoms. The summed E-state index contributed by atoms with van der Waals surface area (Å²) >= 11 is 0. The van der Waals surface area contributed by atoms with Crippen LogP contribution in [0, 0.1) is 0 Å². The third-order valence-electron chi connectivity index (χ3n) is 2.42. The van der Waals surface area contributed by atoms with E-state index in [2.05, 4.69) is 22.9 Å². The van der Waals surface area contributed by atoms with E-state index in [1.165, 1.54) is 0 Å². The zero-order chi connectivity index (χ0) is 10.4. The van der Waals surface area contributed by atoms with Crippen molar-refractivity contribution >= 4 is 0 Å². The van der Waals surface area contributed by atoms with E-state index in [1.54, 1.807) is 0 Å². The topological polar surface area (TPSA) is 35.5 Å². The van der Waals surface area contributed by atoms with Gasteiger partial charge >= 0.3 is 0 Å². The van der Waals surface area contributed by atoms with Crippen LogP contribution in [0.2, 0.25) is 0 Å². The molecule has 1 heterocycles. The molecule has 0 aromatic rings. The molecule has 1 aliphatic rings. The van der Waals surface area contributed by atoms with Crippen LogP contribution < -0.4 is 5.32 Å². The molecule has 14 heavy (non-hydrogen) atoms. The van der Waals surface area contributed by atoms with Crippen LogP contribution in [0.1, 0.15) is 19.8 Å². The molecule has 0 saturated carbocycles. The molecule has 2 N–H and O–H groups in total. The van der Waals surface area contributed by atoms with Crippen molar-refractivity contribution in [2.75, 3.05) is 19.6 Å². The molecule has 0 aliphatic carbocycles. The number of aliphatic hydroxyl groups excluding tert-OH is 1. The van der Waals surface area contributed by atoms with Crippen molar-refractivity contribution in [3.63, 3.8) is 0 Å². The lowest BCUT2D eigenvalue weighted by Crippen LogP contribution is -2.30. The van der Waals surface area contributed by atoms with Crippen molar-refractivity contribution in [2.45, 2.75) is 25.9 Å². The van der Waals surface area contributed by atoms with Crippen LogP contribution in [0.4, 0.5) is 0 Å². The van der Waals surface area contributed by atoms with Gasteiger partial charge in [0.1, 0.15) is 0 Å². The van der Waals surface area contributed by atoms with Crippen LogP contribution in [0.5, 0.6) is 0 Å². The Morgan fingerprint density at radius 1 is 1.71 bits per heavy atom. The summed E-state index contributed by atoms with van der Waals surface area (Å²) < 4.78 is 0. The van der Waals surface area contributed by atoms with Gasteiger partial charge in [-0.2, -0.15) is 0 Å². The molecular formula is C11H20N2O. The number of aliphatic hydroxyl groups is 1. The van der Waals surface area contributed by atoms with E-state index >= 15 is 0 Å². The van der Waals surface area contributed by atoms with Gasteiger partial charge in [0.25, 0.3) is 0 Å². The van der Waals surface area contributed by atoms with Gasteiger partial charge < -0.3 is 15.3 Å². The predicted octanol–water partition coefficient (Wildman–Crippen LogP) is 1.08. The van der Waals surface area contributed by atoms with Crippen molar-refractivity contribution in [2.24, 2.45) is 0 Å². The van der Waals surface area contributed by atoms with Gasteiger partial charge in [-0.3, -0.25) is 0 Å². The summed E-state index contributed by atoms with van der Waals surface area (Å²) in [6.45, 7) is 8.51. The Kier molecular flexibility index (Phi) is 4.53. The van der Waals surface area contributed by atoms with E-state index in [0.29, 0.717) is 0 Å². The second-order valence-corrected chi connectivity index (χ2v) is 3.62. The highest BCUT2D eigenvalue weighted by Crippen LogP contribution is 2.11. The van der Waals surface area contributed by atoms with E-state index in [4.69, 9.17) is 0 Å². The van der Waals surface area contributed by atoms with Gasteiger partial charge in [0, 0.05) is 19.6 Å². The summed E-state index contributed by atoms with van der Waals surface area (Å²) in [5.41, 5.74) is 0. The Morgan fingerprint density at radius 3 is 3.07 bits per heavy atom. The van der Waals surface area contributed by atoms with Crippen molar-refractivity contribution in [1.29, 1.82) is 0 Å². The first-order chi connectivity index (χ1) is 6.74. The van der Waals surface area contributed by atoms with Gasteiger partial charge in [-0.1, -0.05) is 18.7 Å². The maximum atomic E-state index is 9.34. The summed E-state index contributed by atoms with van der Waals surface area (Å²) in [6, 6.07) is 0. The molecule has 80 valence electrons. The number of hydrogen-bond donors (Lipinski definition) is 2. The normalized spacial score (nSPS) is 21.9. The SMILES string of the molecule is C=C(NCC/C=C\C)N1CCC(O)C1. The number of nitrogens with one attached hydrogen (secondary N) is 1. The molecule has 1 unspecified atom stereocenters. The van der Waals surface area contributed by atoms with E-state index < -0.39 is 0 Å². The van der Waals surface area contributed by atoms with Gasteiger partial charge in [-0.25, -0.2) is 0 Å². The van der Waals surface area contributed by atoms with Crippen LogP contribution in [-0.4, -0.2) is 35.7 Å². The monoisotopic (exact) mass is 196 g/mol. The Bertz CT molecular complexity index is 213. The molecule has 0 amide bonds. The van der Waals surface area contributed by atoms with Gasteiger partial charge in [0.15, 0.2) is 0 Å². The van der Waals surface area contributed by atoms with E-state index in [9.17, 15) is 5.11 Å². The molecule has 1 saturated heterocycles. The van der Waals surface area contributed by atoms with Gasteiger partial charge in [0.05, 0.1) is 11.9 Å². The summed E-state index contributed by atoms with van der Waals surface area (Å²) in [5.74, 6) is 0.936. The Labute approximate surface area is 86.1 Å². The Hall–Kier alpha value is -0.960. The molecule has 0 bridgehead atoms. The van der Waals surface area contributed by atoms with Gasteiger partial charge in [-0.05, 0) is 19.8 Å². The van der Waals surface area contributed by atoms with Gasteiger partial charge in [0.2, 0.25) is 0 Å². The van der Waals surface area contributed by atoms with Crippen molar-refractivity contribution in [3.8, 4) is 0 Å². The lowest BCUT2D eigenvalue weighted by Gasteiger charge is -2.21. The molecule has 1 fully saturated rings. The van der Waals surface area contributed by atoms with Crippen LogP contribution in [-0.2, 0) is 0 Å². The van der Waals surface area contributed by atoms with Gasteiger partial charge in [-0.15, -0.1) is 0 Å². The second kappa shape index (κ2) is 5.70. The first-order valence-electron chi connectivity index (χ1n) is 5.21. The van der Waals surface area contributed by atoms with Crippen molar-refractivity contribution in [3.05, 3.63) is 24.6 Å².